The topological polar surface area (TPSA) is 79.1 Å². The minimum absolute atomic E-state index is 0.0435. The number of carbonyl (C=O) groups is 1. The molecule has 0 saturated carbocycles. The second-order valence-electron chi connectivity index (χ2n) is 5.97. The summed E-state index contributed by atoms with van der Waals surface area (Å²) in [6, 6.07) is 4.60. The van der Waals surface area contributed by atoms with Gasteiger partial charge in [0.15, 0.2) is 5.78 Å². The van der Waals surface area contributed by atoms with Crippen LogP contribution in [0.1, 0.15) is 26.3 Å². The number of phenols is 1. The van der Waals surface area contributed by atoms with Gasteiger partial charge >= 0.3 is 0 Å². The molecule has 0 spiro atoms. The molecule has 102 valence electrons. The molecule has 0 radical (unpaired) electrons. The molecule has 2 aromatic rings. The van der Waals surface area contributed by atoms with E-state index in [1.807, 2.05) is 33.0 Å². The summed E-state index contributed by atoms with van der Waals surface area (Å²) < 4.78 is 0. The molecule has 4 heteroatoms. The van der Waals surface area contributed by atoms with E-state index in [1.165, 1.54) is 0 Å². The first-order valence-corrected chi connectivity index (χ1v) is 6.38. The molecule has 4 nitrogen and oxygen atoms in total. The molecule has 1 aromatic heterocycles. The highest BCUT2D eigenvalue weighted by atomic mass is 16.3. The van der Waals surface area contributed by atoms with Gasteiger partial charge in [0.2, 0.25) is 0 Å². The third kappa shape index (κ3) is 2.79. The van der Waals surface area contributed by atoms with E-state index in [4.69, 9.17) is 5.73 Å². The zero-order chi connectivity index (χ0) is 14.2. The van der Waals surface area contributed by atoms with Crippen LogP contribution in [0.4, 0.5) is 0 Å². The van der Waals surface area contributed by atoms with Crippen molar-refractivity contribution in [2.24, 2.45) is 11.1 Å². The van der Waals surface area contributed by atoms with Crippen LogP contribution in [-0.4, -0.2) is 21.9 Å². The third-order valence-electron chi connectivity index (χ3n) is 3.27. The Bertz CT molecular complexity index is 608. The molecular weight excluding hydrogens is 240 g/mol. The molecule has 0 aliphatic heterocycles. The number of hydrogen-bond donors (Lipinski definition) is 3. The van der Waals surface area contributed by atoms with Crippen LogP contribution < -0.4 is 5.73 Å². The Morgan fingerprint density at radius 2 is 2.11 bits per heavy atom. The van der Waals surface area contributed by atoms with Gasteiger partial charge in [-0.05, 0) is 30.2 Å². The lowest BCUT2D eigenvalue weighted by Gasteiger charge is -2.21. The minimum atomic E-state index is -0.527. The van der Waals surface area contributed by atoms with E-state index in [1.54, 1.807) is 12.1 Å². The van der Waals surface area contributed by atoms with Crippen LogP contribution in [0.25, 0.3) is 10.9 Å². The molecule has 0 saturated heterocycles. The van der Waals surface area contributed by atoms with Crippen LogP contribution >= 0.6 is 0 Å². The fourth-order valence-corrected chi connectivity index (χ4v) is 2.22. The number of nitrogens with two attached hydrogens (primary N) is 1. The number of carbonyl (C=O) groups excluding carboxylic acids is 1. The highest BCUT2D eigenvalue weighted by molar-refractivity contribution is 5.90. The first-order chi connectivity index (χ1) is 8.79. The van der Waals surface area contributed by atoms with Crippen LogP contribution in [0.5, 0.6) is 5.75 Å². The fourth-order valence-electron chi connectivity index (χ4n) is 2.22. The number of Topliss-reactive ketones (excluding diaryl/α,β-unsaturated/α-hetero) is 1. The molecule has 4 N–H and O–H groups in total. The van der Waals surface area contributed by atoms with Crippen LogP contribution in [0.2, 0.25) is 0 Å². The number of aromatic nitrogens is 1. The van der Waals surface area contributed by atoms with Gasteiger partial charge in [0.1, 0.15) is 5.75 Å². The Morgan fingerprint density at radius 3 is 2.74 bits per heavy atom. The van der Waals surface area contributed by atoms with Crippen molar-refractivity contribution < 1.29 is 9.90 Å². The lowest BCUT2D eigenvalue weighted by Crippen LogP contribution is -2.40. The van der Waals surface area contributed by atoms with Gasteiger partial charge in [-0.3, -0.25) is 4.79 Å². The third-order valence-corrected chi connectivity index (χ3v) is 3.27. The molecule has 1 atom stereocenters. The molecule has 19 heavy (non-hydrogen) atoms. The first-order valence-electron chi connectivity index (χ1n) is 6.38. The summed E-state index contributed by atoms with van der Waals surface area (Å²) in [5, 5.41) is 10.4. The Hall–Kier alpha value is -1.81. The van der Waals surface area contributed by atoms with Crippen molar-refractivity contribution in [2.75, 3.05) is 0 Å². The van der Waals surface area contributed by atoms with E-state index in [-0.39, 0.29) is 11.5 Å². The molecule has 0 bridgehead atoms. The van der Waals surface area contributed by atoms with Crippen molar-refractivity contribution in [1.29, 1.82) is 0 Å². The van der Waals surface area contributed by atoms with Gasteiger partial charge in [-0.25, -0.2) is 0 Å². The average Bonchev–Trinajstić information content (AvgIpc) is 2.69. The molecule has 0 fully saturated rings. The van der Waals surface area contributed by atoms with Gasteiger partial charge in [-0.2, -0.15) is 0 Å². The van der Waals surface area contributed by atoms with Crippen LogP contribution in [0.3, 0.4) is 0 Å². The highest BCUT2D eigenvalue weighted by Gasteiger charge is 2.27. The fraction of sp³-hybridized carbons (Fsp3) is 0.400. The smallest absolute Gasteiger partial charge is 0.155 e. The number of rotatable bonds is 3. The summed E-state index contributed by atoms with van der Waals surface area (Å²) in [6.45, 7) is 5.61. The maximum Gasteiger partial charge on any atom is 0.155 e. The number of benzene rings is 1. The number of H-pyrrole nitrogens is 1. The molecule has 0 unspecified atom stereocenters. The maximum absolute atomic E-state index is 12.1. The van der Waals surface area contributed by atoms with Gasteiger partial charge in [-0.15, -0.1) is 0 Å². The maximum atomic E-state index is 12.1. The van der Waals surface area contributed by atoms with Crippen molar-refractivity contribution in [1.82, 2.24) is 4.98 Å². The van der Waals surface area contributed by atoms with Crippen molar-refractivity contribution >= 4 is 16.7 Å². The van der Waals surface area contributed by atoms with E-state index in [0.717, 1.165) is 16.5 Å². The SMILES string of the molecule is CC(C)(C)C(=O)[C@@H](N)Cc1c[nH]c2ccc(O)cc12. The number of fused-ring (bicyclic) bond motifs is 1. The van der Waals surface area contributed by atoms with E-state index < -0.39 is 11.5 Å². The number of phenolic OH excluding ortho intramolecular Hbond substituents is 1. The molecule has 1 aromatic carbocycles. The van der Waals surface area contributed by atoms with Crippen molar-refractivity contribution in [2.45, 2.75) is 33.2 Å². The predicted molar refractivity (Wildman–Crippen MR) is 76.1 cm³/mol. The molecule has 2 rings (SSSR count). The van der Waals surface area contributed by atoms with Gasteiger partial charge < -0.3 is 15.8 Å². The lowest BCUT2D eigenvalue weighted by atomic mass is 9.84. The largest absolute Gasteiger partial charge is 0.508 e. The monoisotopic (exact) mass is 260 g/mol. The van der Waals surface area contributed by atoms with Gasteiger partial charge in [0.05, 0.1) is 6.04 Å². The average molecular weight is 260 g/mol. The van der Waals surface area contributed by atoms with Crippen LogP contribution in [0.15, 0.2) is 24.4 Å². The number of ketones is 1. The standard InChI is InChI=1S/C15H20N2O2/c1-15(2,3)14(19)12(16)6-9-8-17-13-5-4-10(18)7-11(9)13/h4-5,7-8,12,17-18H,6,16H2,1-3H3/t12-/m0/s1. The predicted octanol–water partition coefficient (Wildman–Crippen LogP) is 2.36. The van der Waals surface area contributed by atoms with Crippen LogP contribution in [0, 0.1) is 5.41 Å². The second kappa shape index (κ2) is 4.70. The summed E-state index contributed by atoms with van der Waals surface area (Å²) in [6.07, 6.45) is 2.32. The highest BCUT2D eigenvalue weighted by Crippen LogP contribution is 2.25. The van der Waals surface area contributed by atoms with E-state index in [9.17, 15) is 9.90 Å². The quantitative estimate of drug-likeness (QED) is 0.792. The zero-order valence-corrected chi connectivity index (χ0v) is 11.5. The number of aromatic hydroxyl groups is 1. The first kappa shape index (κ1) is 13.6. The summed E-state index contributed by atoms with van der Waals surface area (Å²) in [5.41, 5.74) is 7.45. The van der Waals surface area contributed by atoms with E-state index in [2.05, 4.69) is 4.98 Å². The van der Waals surface area contributed by atoms with Gasteiger partial charge in [0, 0.05) is 22.5 Å². The lowest BCUT2D eigenvalue weighted by molar-refractivity contribution is -0.127. The Labute approximate surface area is 112 Å². The van der Waals surface area contributed by atoms with Gasteiger partial charge in [0.25, 0.3) is 0 Å². The minimum Gasteiger partial charge on any atom is -0.508 e. The van der Waals surface area contributed by atoms with Crippen molar-refractivity contribution in [3.8, 4) is 5.75 Å². The second-order valence-corrected chi connectivity index (χ2v) is 5.97. The Kier molecular flexibility index (Phi) is 3.37. The summed E-state index contributed by atoms with van der Waals surface area (Å²) in [5.74, 6) is 0.256. The number of nitrogens with one attached hydrogen (secondary N) is 1. The summed E-state index contributed by atoms with van der Waals surface area (Å²) >= 11 is 0. The summed E-state index contributed by atoms with van der Waals surface area (Å²) in [4.78, 5) is 15.2. The van der Waals surface area contributed by atoms with Crippen molar-refractivity contribution in [3.63, 3.8) is 0 Å². The van der Waals surface area contributed by atoms with Crippen molar-refractivity contribution in [3.05, 3.63) is 30.0 Å². The zero-order valence-electron chi connectivity index (χ0n) is 11.5. The van der Waals surface area contributed by atoms with E-state index >= 15 is 0 Å². The molecule has 0 aliphatic rings. The van der Waals surface area contributed by atoms with Crippen LogP contribution in [-0.2, 0) is 11.2 Å². The molecule has 1 heterocycles. The Balaban J connectivity index is 2.27. The normalized spacial score (nSPS) is 13.7. The molecular formula is C15H20N2O2. The number of hydrogen-bond acceptors (Lipinski definition) is 3. The summed E-state index contributed by atoms with van der Waals surface area (Å²) in [7, 11) is 0. The Morgan fingerprint density at radius 1 is 1.42 bits per heavy atom. The van der Waals surface area contributed by atoms with Gasteiger partial charge in [-0.1, -0.05) is 20.8 Å². The number of aromatic amines is 1. The molecule has 0 aliphatic carbocycles. The molecule has 0 amide bonds. The van der Waals surface area contributed by atoms with E-state index in [0.29, 0.717) is 6.42 Å².